The summed E-state index contributed by atoms with van der Waals surface area (Å²) in [5.74, 6) is 0.231. The molecule has 0 aromatic rings. The number of piperazine rings is 1. The van der Waals surface area contributed by atoms with E-state index in [9.17, 15) is 4.79 Å². The summed E-state index contributed by atoms with van der Waals surface area (Å²) in [4.78, 5) is 16.4. The van der Waals surface area contributed by atoms with Crippen LogP contribution in [0.25, 0.3) is 0 Å². The molecule has 0 aliphatic carbocycles. The highest BCUT2D eigenvalue weighted by Crippen LogP contribution is 2.09. The fourth-order valence-electron chi connectivity index (χ4n) is 2.31. The van der Waals surface area contributed by atoms with Crippen LogP contribution in [0.15, 0.2) is 0 Å². The molecule has 2 N–H and O–H groups in total. The average molecular weight is 241 g/mol. The summed E-state index contributed by atoms with van der Waals surface area (Å²) in [6.45, 7) is 10.2. The maximum atomic E-state index is 12.0. The van der Waals surface area contributed by atoms with Gasteiger partial charge in [-0.2, -0.15) is 0 Å². The molecule has 1 rings (SSSR count). The summed E-state index contributed by atoms with van der Waals surface area (Å²) in [7, 11) is 0. The molecule has 100 valence electrons. The van der Waals surface area contributed by atoms with Crippen LogP contribution in [0.4, 0.5) is 0 Å². The van der Waals surface area contributed by atoms with Crippen LogP contribution in [0.2, 0.25) is 0 Å². The number of hydrogen-bond donors (Lipinski definition) is 1. The van der Waals surface area contributed by atoms with Gasteiger partial charge < -0.3 is 10.6 Å². The third kappa shape index (κ3) is 4.64. The number of nitrogens with zero attached hydrogens (tertiary/aromatic N) is 2. The Hall–Kier alpha value is -0.610. The van der Waals surface area contributed by atoms with Crippen LogP contribution < -0.4 is 5.73 Å². The molecule has 1 heterocycles. The topological polar surface area (TPSA) is 49.6 Å². The number of carbonyl (C=O) groups excluding carboxylic acids is 1. The summed E-state index contributed by atoms with van der Waals surface area (Å²) in [6, 6.07) is 0.616. The van der Waals surface area contributed by atoms with Gasteiger partial charge in [0.2, 0.25) is 5.91 Å². The van der Waals surface area contributed by atoms with Crippen LogP contribution in [-0.2, 0) is 4.79 Å². The van der Waals surface area contributed by atoms with E-state index in [2.05, 4.69) is 25.7 Å². The van der Waals surface area contributed by atoms with Crippen LogP contribution in [0.3, 0.4) is 0 Å². The number of carbonyl (C=O) groups is 1. The van der Waals surface area contributed by atoms with Gasteiger partial charge in [-0.1, -0.05) is 13.3 Å². The van der Waals surface area contributed by atoms with E-state index < -0.39 is 0 Å². The SMILES string of the molecule is CCCC(N)CC(=O)N1CCN(C(C)C)CC1. The third-order valence-electron chi connectivity index (χ3n) is 3.49. The zero-order chi connectivity index (χ0) is 12.8. The van der Waals surface area contributed by atoms with Crippen LogP contribution in [-0.4, -0.2) is 54.0 Å². The predicted molar refractivity (Wildman–Crippen MR) is 70.8 cm³/mol. The minimum atomic E-state index is 0.0376. The first kappa shape index (κ1) is 14.5. The Labute approximate surface area is 105 Å². The van der Waals surface area contributed by atoms with Crippen molar-refractivity contribution in [3.8, 4) is 0 Å². The Morgan fingerprint density at radius 3 is 2.29 bits per heavy atom. The normalized spacial score (nSPS) is 19.7. The molecule has 1 saturated heterocycles. The van der Waals surface area contributed by atoms with Crippen LogP contribution in [0, 0.1) is 0 Å². The van der Waals surface area contributed by atoms with E-state index >= 15 is 0 Å². The first-order valence-corrected chi connectivity index (χ1v) is 6.82. The van der Waals surface area contributed by atoms with E-state index in [-0.39, 0.29) is 11.9 Å². The van der Waals surface area contributed by atoms with Crippen molar-refractivity contribution in [3.63, 3.8) is 0 Å². The van der Waals surface area contributed by atoms with E-state index in [0.717, 1.165) is 39.0 Å². The molecule has 1 aliphatic heterocycles. The average Bonchev–Trinajstić information content (AvgIpc) is 2.29. The van der Waals surface area contributed by atoms with E-state index in [1.165, 1.54) is 0 Å². The van der Waals surface area contributed by atoms with Crippen molar-refractivity contribution in [1.82, 2.24) is 9.80 Å². The fraction of sp³-hybridized carbons (Fsp3) is 0.923. The molecule has 1 amide bonds. The highest BCUT2D eigenvalue weighted by atomic mass is 16.2. The zero-order valence-corrected chi connectivity index (χ0v) is 11.5. The quantitative estimate of drug-likeness (QED) is 0.783. The van der Waals surface area contributed by atoms with Gasteiger partial charge in [-0.05, 0) is 20.3 Å². The highest BCUT2D eigenvalue weighted by molar-refractivity contribution is 5.76. The molecule has 0 saturated carbocycles. The second-order valence-electron chi connectivity index (χ2n) is 5.26. The smallest absolute Gasteiger partial charge is 0.224 e. The second kappa shape index (κ2) is 6.97. The lowest BCUT2D eigenvalue weighted by atomic mass is 10.1. The number of rotatable bonds is 5. The minimum Gasteiger partial charge on any atom is -0.340 e. The Bertz CT molecular complexity index is 235. The minimum absolute atomic E-state index is 0.0376. The van der Waals surface area contributed by atoms with Gasteiger partial charge in [0.15, 0.2) is 0 Å². The molecule has 1 aliphatic rings. The summed E-state index contributed by atoms with van der Waals surface area (Å²) >= 11 is 0. The predicted octanol–water partition coefficient (Wildman–Crippen LogP) is 1.06. The Balaban J connectivity index is 2.30. The zero-order valence-electron chi connectivity index (χ0n) is 11.5. The van der Waals surface area contributed by atoms with Gasteiger partial charge >= 0.3 is 0 Å². The van der Waals surface area contributed by atoms with Crippen molar-refractivity contribution in [2.24, 2.45) is 5.73 Å². The molecular formula is C13H27N3O. The van der Waals surface area contributed by atoms with E-state index in [4.69, 9.17) is 5.73 Å². The molecular weight excluding hydrogens is 214 g/mol. The van der Waals surface area contributed by atoms with Gasteiger partial charge in [0.1, 0.15) is 0 Å². The molecule has 17 heavy (non-hydrogen) atoms. The molecule has 1 atom stereocenters. The summed E-state index contributed by atoms with van der Waals surface area (Å²) in [5, 5.41) is 0. The summed E-state index contributed by atoms with van der Waals surface area (Å²) < 4.78 is 0. The fourth-order valence-corrected chi connectivity index (χ4v) is 2.31. The van der Waals surface area contributed by atoms with Crippen molar-refractivity contribution in [2.75, 3.05) is 26.2 Å². The van der Waals surface area contributed by atoms with Gasteiger partial charge in [-0.15, -0.1) is 0 Å². The van der Waals surface area contributed by atoms with Gasteiger partial charge in [-0.3, -0.25) is 9.69 Å². The van der Waals surface area contributed by atoms with Crippen molar-refractivity contribution >= 4 is 5.91 Å². The monoisotopic (exact) mass is 241 g/mol. The Kier molecular flexibility index (Phi) is 5.92. The number of amides is 1. The molecule has 1 fully saturated rings. The molecule has 0 aromatic heterocycles. The molecule has 1 unspecified atom stereocenters. The summed E-state index contributed by atoms with van der Waals surface area (Å²) in [5.41, 5.74) is 5.91. The lowest BCUT2D eigenvalue weighted by Gasteiger charge is -2.37. The molecule has 4 nitrogen and oxygen atoms in total. The standard InChI is InChI=1S/C13H27N3O/c1-4-5-12(14)10-13(17)16-8-6-15(7-9-16)11(2)3/h11-12H,4-10,14H2,1-3H3. The van der Waals surface area contributed by atoms with Gasteiger partial charge in [-0.25, -0.2) is 0 Å². The highest BCUT2D eigenvalue weighted by Gasteiger charge is 2.23. The van der Waals surface area contributed by atoms with Crippen LogP contribution in [0.1, 0.15) is 40.0 Å². The first-order valence-electron chi connectivity index (χ1n) is 6.82. The van der Waals surface area contributed by atoms with E-state index in [1.54, 1.807) is 0 Å². The first-order chi connectivity index (χ1) is 8.04. The molecule has 0 spiro atoms. The van der Waals surface area contributed by atoms with E-state index in [0.29, 0.717) is 12.5 Å². The van der Waals surface area contributed by atoms with Crippen molar-refractivity contribution in [1.29, 1.82) is 0 Å². The van der Waals surface area contributed by atoms with Crippen LogP contribution >= 0.6 is 0 Å². The van der Waals surface area contributed by atoms with Gasteiger partial charge in [0, 0.05) is 44.7 Å². The maximum absolute atomic E-state index is 12.0. The third-order valence-corrected chi connectivity index (χ3v) is 3.49. The van der Waals surface area contributed by atoms with Crippen molar-refractivity contribution in [3.05, 3.63) is 0 Å². The molecule has 0 aromatic carbocycles. The largest absolute Gasteiger partial charge is 0.340 e. The lowest BCUT2D eigenvalue weighted by Crippen LogP contribution is -2.51. The number of hydrogen-bond acceptors (Lipinski definition) is 3. The maximum Gasteiger partial charge on any atom is 0.224 e. The van der Waals surface area contributed by atoms with Crippen molar-refractivity contribution < 1.29 is 4.79 Å². The van der Waals surface area contributed by atoms with Crippen molar-refractivity contribution in [2.45, 2.75) is 52.1 Å². The second-order valence-corrected chi connectivity index (χ2v) is 5.26. The molecule has 0 radical (unpaired) electrons. The van der Waals surface area contributed by atoms with Crippen LogP contribution in [0.5, 0.6) is 0 Å². The number of nitrogens with two attached hydrogens (primary N) is 1. The van der Waals surface area contributed by atoms with Gasteiger partial charge in [0.25, 0.3) is 0 Å². The Morgan fingerprint density at radius 1 is 1.24 bits per heavy atom. The summed E-state index contributed by atoms with van der Waals surface area (Å²) in [6.07, 6.45) is 2.50. The molecule has 4 heteroatoms. The molecule has 0 bridgehead atoms. The van der Waals surface area contributed by atoms with E-state index in [1.807, 2.05) is 4.90 Å². The Morgan fingerprint density at radius 2 is 1.82 bits per heavy atom. The lowest BCUT2D eigenvalue weighted by molar-refractivity contribution is -0.133. The van der Waals surface area contributed by atoms with Gasteiger partial charge in [0.05, 0.1) is 0 Å².